The number of likely N-dealkylation sites (N-methyl/N-ethyl adjacent to an activating group) is 1. The van der Waals surface area contributed by atoms with Gasteiger partial charge in [0.15, 0.2) is 0 Å². The van der Waals surface area contributed by atoms with Crippen LogP contribution in [0, 0.1) is 5.41 Å². The van der Waals surface area contributed by atoms with Gasteiger partial charge in [-0.15, -0.1) is 0 Å². The highest BCUT2D eigenvalue weighted by molar-refractivity contribution is 5.78. The fraction of sp³-hybridized carbons (Fsp3) is 0.923. The van der Waals surface area contributed by atoms with Crippen LogP contribution in [0.5, 0.6) is 0 Å². The first kappa shape index (κ1) is 14.5. The molecule has 2 N–H and O–H groups in total. The average Bonchev–Trinajstić information content (AvgIpc) is 2.95. The number of carbonyl (C=O) groups excluding carboxylic acids is 1. The monoisotopic (exact) mass is 242 g/mol. The predicted octanol–water partition coefficient (Wildman–Crippen LogP) is 0.994. The van der Waals surface area contributed by atoms with Crippen LogP contribution in [-0.4, -0.2) is 48.2 Å². The van der Waals surface area contributed by atoms with Crippen molar-refractivity contribution in [2.75, 3.05) is 20.1 Å². The van der Waals surface area contributed by atoms with Gasteiger partial charge in [0.25, 0.3) is 0 Å². The normalized spacial score (nSPS) is 18.2. The molecule has 0 saturated heterocycles. The minimum Gasteiger partial charge on any atom is -0.393 e. The van der Waals surface area contributed by atoms with Gasteiger partial charge in [-0.25, -0.2) is 0 Å². The molecule has 1 unspecified atom stereocenters. The molecule has 4 heteroatoms. The molecule has 1 aliphatic carbocycles. The SMILES string of the molecule is CC(O)CC(C)(C)CNC(=O)CN(C)C1CC1. The molecule has 1 atom stereocenters. The summed E-state index contributed by atoms with van der Waals surface area (Å²) in [6, 6.07) is 0.617. The van der Waals surface area contributed by atoms with Crippen LogP contribution in [0.4, 0.5) is 0 Å². The quantitative estimate of drug-likeness (QED) is 0.700. The molecule has 4 nitrogen and oxygen atoms in total. The average molecular weight is 242 g/mol. The summed E-state index contributed by atoms with van der Waals surface area (Å²) < 4.78 is 0. The van der Waals surface area contributed by atoms with Gasteiger partial charge in [0.1, 0.15) is 0 Å². The van der Waals surface area contributed by atoms with Gasteiger partial charge in [0.05, 0.1) is 12.6 Å². The Morgan fingerprint density at radius 3 is 2.59 bits per heavy atom. The van der Waals surface area contributed by atoms with E-state index in [9.17, 15) is 9.90 Å². The molecule has 1 amide bonds. The van der Waals surface area contributed by atoms with Gasteiger partial charge in [0.2, 0.25) is 5.91 Å². The first-order valence-electron chi connectivity index (χ1n) is 6.45. The highest BCUT2D eigenvalue weighted by atomic mass is 16.3. The fourth-order valence-corrected chi connectivity index (χ4v) is 2.14. The Kier molecular flexibility index (Phi) is 4.95. The van der Waals surface area contributed by atoms with Crippen molar-refractivity contribution < 1.29 is 9.90 Å². The maximum atomic E-state index is 11.7. The van der Waals surface area contributed by atoms with Crippen LogP contribution < -0.4 is 5.32 Å². The van der Waals surface area contributed by atoms with E-state index in [2.05, 4.69) is 24.1 Å². The molecule has 0 bridgehead atoms. The van der Waals surface area contributed by atoms with Crippen LogP contribution in [0.25, 0.3) is 0 Å². The summed E-state index contributed by atoms with van der Waals surface area (Å²) in [6.07, 6.45) is 2.82. The van der Waals surface area contributed by atoms with E-state index in [1.807, 2.05) is 7.05 Å². The molecule has 0 aromatic carbocycles. The number of aliphatic hydroxyl groups excluding tert-OH is 1. The van der Waals surface area contributed by atoms with E-state index in [1.165, 1.54) is 12.8 Å². The molecule has 0 spiro atoms. The summed E-state index contributed by atoms with van der Waals surface area (Å²) in [7, 11) is 2.00. The molecule has 1 fully saturated rings. The van der Waals surface area contributed by atoms with Crippen LogP contribution in [-0.2, 0) is 4.79 Å². The third kappa shape index (κ3) is 6.03. The first-order valence-corrected chi connectivity index (χ1v) is 6.45. The predicted molar refractivity (Wildman–Crippen MR) is 68.7 cm³/mol. The minimum absolute atomic E-state index is 0.0536. The Morgan fingerprint density at radius 1 is 1.53 bits per heavy atom. The third-order valence-corrected chi connectivity index (χ3v) is 3.18. The lowest BCUT2D eigenvalue weighted by Crippen LogP contribution is -2.41. The number of hydrogen-bond acceptors (Lipinski definition) is 3. The van der Waals surface area contributed by atoms with Gasteiger partial charge in [-0.3, -0.25) is 9.69 Å². The van der Waals surface area contributed by atoms with Crippen molar-refractivity contribution >= 4 is 5.91 Å². The van der Waals surface area contributed by atoms with Crippen LogP contribution in [0.3, 0.4) is 0 Å². The van der Waals surface area contributed by atoms with Crippen molar-refractivity contribution in [1.29, 1.82) is 0 Å². The second kappa shape index (κ2) is 5.83. The van der Waals surface area contributed by atoms with Crippen LogP contribution in [0.1, 0.15) is 40.0 Å². The number of rotatable bonds is 7. The number of amides is 1. The number of nitrogens with zero attached hydrogens (tertiary/aromatic N) is 1. The Hall–Kier alpha value is -0.610. The Balaban J connectivity index is 2.21. The summed E-state index contributed by atoms with van der Waals surface area (Å²) >= 11 is 0. The molecule has 0 aliphatic heterocycles. The molecule has 0 aromatic rings. The van der Waals surface area contributed by atoms with E-state index < -0.39 is 0 Å². The molecule has 0 heterocycles. The fourth-order valence-electron chi connectivity index (χ4n) is 2.14. The van der Waals surface area contributed by atoms with Crippen LogP contribution in [0.15, 0.2) is 0 Å². The smallest absolute Gasteiger partial charge is 0.234 e. The van der Waals surface area contributed by atoms with E-state index in [0.717, 1.165) is 0 Å². The minimum atomic E-state index is -0.323. The number of hydrogen-bond donors (Lipinski definition) is 2. The van der Waals surface area contributed by atoms with Crippen molar-refractivity contribution in [1.82, 2.24) is 10.2 Å². The molecule has 0 radical (unpaired) electrons. The van der Waals surface area contributed by atoms with E-state index in [4.69, 9.17) is 0 Å². The Bertz CT molecular complexity index is 260. The highest BCUT2D eigenvalue weighted by Gasteiger charge is 2.27. The van der Waals surface area contributed by atoms with Gasteiger partial charge in [0, 0.05) is 12.6 Å². The lowest BCUT2D eigenvalue weighted by Gasteiger charge is -2.27. The largest absolute Gasteiger partial charge is 0.393 e. The third-order valence-electron chi connectivity index (χ3n) is 3.18. The van der Waals surface area contributed by atoms with Gasteiger partial charge in [-0.05, 0) is 38.6 Å². The lowest BCUT2D eigenvalue weighted by atomic mass is 9.87. The summed E-state index contributed by atoms with van der Waals surface area (Å²) in [5, 5.41) is 12.3. The summed E-state index contributed by atoms with van der Waals surface area (Å²) in [4.78, 5) is 13.8. The van der Waals surface area contributed by atoms with Crippen molar-refractivity contribution in [2.24, 2.45) is 5.41 Å². The highest BCUT2D eigenvalue weighted by Crippen LogP contribution is 2.25. The zero-order chi connectivity index (χ0) is 13.1. The van der Waals surface area contributed by atoms with Crippen molar-refractivity contribution in [3.05, 3.63) is 0 Å². The molecule has 100 valence electrons. The van der Waals surface area contributed by atoms with Gasteiger partial charge in [-0.1, -0.05) is 13.8 Å². The molecular weight excluding hydrogens is 216 g/mol. The van der Waals surface area contributed by atoms with Crippen molar-refractivity contribution in [2.45, 2.75) is 52.2 Å². The maximum absolute atomic E-state index is 11.7. The second-order valence-corrected chi connectivity index (χ2v) is 6.14. The van der Waals surface area contributed by atoms with Gasteiger partial charge in [-0.2, -0.15) is 0 Å². The topological polar surface area (TPSA) is 52.6 Å². The molecule has 1 rings (SSSR count). The van der Waals surface area contributed by atoms with Crippen LogP contribution >= 0.6 is 0 Å². The molecule has 17 heavy (non-hydrogen) atoms. The number of carbonyl (C=O) groups is 1. The summed E-state index contributed by atoms with van der Waals surface area (Å²) in [6.45, 7) is 7.00. The van der Waals surface area contributed by atoms with E-state index in [-0.39, 0.29) is 17.4 Å². The number of nitrogens with one attached hydrogen (secondary N) is 1. The maximum Gasteiger partial charge on any atom is 0.234 e. The standard InChI is InChI=1S/C13H26N2O2/c1-10(16)7-13(2,3)9-14-12(17)8-15(4)11-5-6-11/h10-11,16H,5-9H2,1-4H3,(H,14,17). The lowest BCUT2D eigenvalue weighted by molar-refractivity contribution is -0.122. The zero-order valence-electron chi connectivity index (χ0n) is 11.5. The van der Waals surface area contributed by atoms with E-state index >= 15 is 0 Å². The molecule has 0 aromatic heterocycles. The first-order chi connectivity index (χ1) is 7.80. The second-order valence-electron chi connectivity index (χ2n) is 6.14. The Morgan fingerprint density at radius 2 is 2.12 bits per heavy atom. The molecular formula is C13H26N2O2. The molecule has 1 aliphatic rings. The Labute approximate surface area is 104 Å². The van der Waals surface area contributed by atoms with Gasteiger partial charge < -0.3 is 10.4 Å². The summed E-state index contributed by atoms with van der Waals surface area (Å²) in [5.41, 5.74) is -0.0536. The van der Waals surface area contributed by atoms with E-state index in [0.29, 0.717) is 25.6 Å². The van der Waals surface area contributed by atoms with Crippen molar-refractivity contribution in [3.8, 4) is 0 Å². The summed E-state index contributed by atoms with van der Waals surface area (Å²) in [5.74, 6) is 0.0815. The van der Waals surface area contributed by atoms with Crippen molar-refractivity contribution in [3.63, 3.8) is 0 Å². The molecule has 1 saturated carbocycles. The van der Waals surface area contributed by atoms with E-state index in [1.54, 1.807) is 6.92 Å². The zero-order valence-corrected chi connectivity index (χ0v) is 11.5. The van der Waals surface area contributed by atoms with Gasteiger partial charge >= 0.3 is 0 Å². The van der Waals surface area contributed by atoms with Crippen LogP contribution in [0.2, 0.25) is 0 Å². The number of aliphatic hydroxyl groups is 1.